The summed E-state index contributed by atoms with van der Waals surface area (Å²) in [6.07, 6.45) is 5.61. The van der Waals surface area contributed by atoms with Gasteiger partial charge in [0.1, 0.15) is 12.7 Å². The van der Waals surface area contributed by atoms with E-state index in [0.29, 0.717) is 25.1 Å². The lowest BCUT2D eigenvalue weighted by Crippen LogP contribution is -2.41. The molecule has 2 aliphatic rings. The Morgan fingerprint density at radius 3 is 2.96 bits per heavy atom. The molecule has 1 aliphatic heterocycles. The molecule has 3 atom stereocenters. The molecule has 2 fully saturated rings. The summed E-state index contributed by atoms with van der Waals surface area (Å²) in [5, 5.41) is 4.15. The highest BCUT2D eigenvalue weighted by Crippen LogP contribution is 2.49. The second-order valence-electron chi connectivity index (χ2n) is 6.55. The first-order valence-electron chi connectivity index (χ1n) is 8.22. The monoisotopic (exact) mass is 332 g/mol. The molecule has 0 spiro atoms. The average Bonchev–Trinajstić information content (AvgIpc) is 3.19. The Morgan fingerprint density at radius 2 is 2.17 bits per heavy atom. The second kappa shape index (κ2) is 5.96. The molecule has 5 nitrogen and oxygen atoms in total. The molecule has 0 radical (unpaired) electrons. The summed E-state index contributed by atoms with van der Waals surface area (Å²) in [7, 11) is 0. The molecule has 0 N–H and O–H groups in total. The Morgan fingerprint density at radius 1 is 1.29 bits per heavy atom. The number of amides is 1. The first kappa shape index (κ1) is 15.2. The number of hydrogen-bond donors (Lipinski definition) is 0. The third-order valence-electron chi connectivity index (χ3n) is 5.01. The first-order valence-corrected chi connectivity index (χ1v) is 8.22. The lowest BCUT2D eigenvalue weighted by Gasteiger charge is -2.32. The van der Waals surface area contributed by atoms with Crippen LogP contribution in [0, 0.1) is 17.6 Å². The van der Waals surface area contributed by atoms with Crippen molar-refractivity contribution in [3.63, 3.8) is 0 Å². The predicted octanol–water partition coefficient (Wildman–Crippen LogP) is 2.52. The predicted molar refractivity (Wildman–Crippen MR) is 82.1 cm³/mol. The van der Waals surface area contributed by atoms with E-state index in [1.165, 1.54) is 12.4 Å². The minimum absolute atomic E-state index is 0.0356. The van der Waals surface area contributed by atoms with Gasteiger partial charge in [0, 0.05) is 19.0 Å². The molecule has 1 saturated heterocycles. The van der Waals surface area contributed by atoms with E-state index in [2.05, 4.69) is 10.1 Å². The van der Waals surface area contributed by atoms with Crippen LogP contribution in [-0.2, 0) is 4.79 Å². The number of rotatable bonds is 3. The summed E-state index contributed by atoms with van der Waals surface area (Å²) in [5.74, 6) is -2.09. The Bertz CT molecular complexity index is 749. The highest BCUT2D eigenvalue weighted by Gasteiger charge is 2.47. The zero-order chi connectivity index (χ0) is 16.7. The number of carbonyl (C=O) groups excluding carboxylic acids is 1. The maximum atomic E-state index is 13.9. The van der Waals surface area contributed by atoms with Gasteiger partial charge in [-0.25, -0.2) is 18.4 Å². The SMILES string of the molecule is O=C([C@@H]1C[C@H]1c1cccc(F)c1F)N1CCC[C@@H](n2cncn2)C1. The number of carbonyl (C=O) groups is 1. The smallest absolute Gasteiger partial charge is 0.226 e. The largest absolute Gasteiger partial charge is 0.340 e. The fourth-order valence-corrected chi connectivity index (χ4v) is 3.63. The number of likely N-dealkylation sites (tertiary alicyclic amines) is 1. The molecular formula is C17H18F2N4O. The third-order valence-corrected chi connectivity index (χ3v) is 5.01. The Kier molecular flexibility index (Phi) is 3.78. The summed E-state index contributed by atoms with van der Waals surface area (Å²) >= 11 is 0. The Hall–Kier alpha value is -2.31. The van der Waals surface area contributed by atoms with Crippen molar-refractivity contribution >= 4 is 5.91 Å². The first-order chi connectivity index (χ1) is 11.6. The van der Waals surface area contributed by atoms with Crippen LogP contribution >= 0.6 is 0 Å². The van der Waals surface area contributed by atoms with Crippen molar-refractivity contribution in [3.05, 3.63) is 48.1 Å². The van der Waals surface area contributed by atoms with Gasteiger partial charge in [-0.3, -0.25) is 4.79 Å². The lowest BCUT2D eigenvalue weighted by molar-refractivity contribution is -0.134. The van der Waals surface area contributed by atoms with Gasteiger partial charge >= 0.3 is 0 Å². The summed E-state index contributed by atoms with van der Waals surface area (Å²) in [6, 6.07) is 4.30. The van der Waals surface area contributed by atoms with Crippen molar-refractivity contribution in [1.82, 2.24) is 19.7 Å². The van der Waals surface area contributed by atoms with Crippen molar-refractivity contribution < 1.29 is 13.6 Å². The van der Waals surface area contributed by atoms with Gasteiger partial charge in [0.15, 0.2) is 11.6 Å². The minimum Gasteiger partial charge on any atom is -0.340 e. The van der Waals surface area contributed by atoms with Crippen LogP contribution in [0.5, 0.6) is 0 Å². The molecule has 1 aromatic carbocycles. The number of benzene rings is 1. The van der Waals surface area contributed by atoms with Crippen LogP contribution in [0.3, 0.4) is 0 Å². The van der Waals surface area contributed by atoms with Gasteiger partial charge in [0.25, 0.3) is 0 Å². The highest BCUT2D eigenvalue weighted by atomic mass is 19.2. The van der Waals surface area contributed by atoms with Gasteiger partial charge in [-0.1, -0.05) is 12.1 Å². The molecule has 0 unspecified atom stereocenters. The van der Waals surface area contributed by atoms with Gasteiger partial charge in [-0.2, -0.15) is 5.10 Å². The molecule has 4 rings (SSSR count). The van der Waals surface area contributed by atoms with Gasteiger partial charge in [-0.15, -0.1) is 0 Å². The van der Waals surface area contributed by atoms with Crippen LogP contribution in [0.1, 0.15) is 36.8 Å². The number of aromatic nitrogens is 3. The van der Waals surface area contributed by atoms with E-state index >= 15 is 0 Å². The molecule has 0 bridgehead atoms. The third kappa shape index (κ3) is 2.68. The maximum absolute atomic E-state index is 13.9. The van der Waals surface area contributed by atoms with Crippen LogP contribution in [0.15, 0.2) is 30.9 Å². The van der Waals surface area contributed by atoms with Gasteiger partial charge in [0.05, 0.1) is 6.04 Å². The van der Waals surface area contributed by atoms with E-state index < -0.39 is 11.6 Å². The zero-order valence-electron chi connectivity index (χ0n) is 13.1. The molecule has 1 aliphatic carbocycles. The minimum atomic E-state index is -0.852. The van der Waals surface area contributed by atoms with Crippen LogP contribution < -0.4 is 0 Å². The normalized spacial score (nSPS) is 26.4. The molecular weight excluding hydrogens is 314 g/mol. The number of hydrogen-bond acceptors (Lipinski definition) is 3. The molecule has 2 aromatic rings. The van der Waals surface area contributed by atoms with E-state index in [-0.39, 0.29) is 23.8 Å². The van der Waals surface area contributed by atoms with Crippen molar-refractivity contribution in [3.8, 4) is 0 Å². The summed E-state index contributed by atoms with van der Waals surface area (Å²) in [5.41, 5.74) is 0.318. The average molecular weight is 332 g/mol. The molecule has 1 amide bonds. The van der Waals surface area contributed by atoms with E-state index in [1.54, 1.807) is 17.1 Å². The fourth-order valence-electron chi connectivity index (χ4n) is 3.63. The van der Waals surface area contributed by atoms with Crippen LogP contribution in [-0.4, -0.2) is 38.7 Å². The van der Waals surface area contributed by atoms with Crippen LogP contribution in [0.25, 0.3) is 0 Å². The van der Waals surface area contributed by atoms with E-state index in [4.69, 9.17) is 0 Å². The van der Waals surface area contributed by atoms with Crippen molar-refractivity contribution in [2.24, 2.45) is 5.92 Å². The Balaban J connectivity index is 1.44. The fraction of sp³-hybridized carbons (Fsp3) is 0.471. The van der Waals surface area contributed by atoms with Gasteiger partial charge in [0.2, 0.25) is 5.91 Å². The van der Waals surface area contributed by atoms with Crippen molar-refractivity contribution in [2.45, 2.75) is 31.2 Å². The van der Waals surface area contributed by atoms with Crippen LogP contribution in [0.4, 0.5) is 8.78 Å². The highest BCUT2D eigenvalue weighted by molar-refractivity contribution is 5.83. The molecule has 2 heterocycles. The molecule has 1 saturated carbocycles. The molecule has 7 heteroatoms. The van der Waals surface area contributed by atoms with E-state index in [1.807, 2.05) is 4.90 Å². The zero-order valence-corrected chi connectivity index (χ0v) is 13.1. The Labute approximate surface area is 138 Å². The topological polar surface area (TPSA) is 51.0 Å². The molecule has 126 valence electrons. The number of halogens is 2. The standard InChI is InChI=1S/C17H18F2N4O/c18-15-5-1-4-12(16(15)19)13-7-14(13)17(24)22-6-2-3-11(8-22)23-10-20-9-21-23/h1,4-5,9-11,13-14H,2-3,6-8H2/t11-,13+,14-/m1/s1. The number of nitrogens with zero attached hydrogens (tertiary/aromatic N) is 4. The van der Waals surface area contributed by atoms with Crippen LogP contribution in [0.2, 0.25) is 0 Å². The molecule has 24 heavy (non-hydrogen) atoms. The van der Waals surface area contributed by atoms with Crippen molar-refractivity contribution in [1.29, 1.82) is 0 Å². The summed E-state index contributed by atoms with van der Waals surface area (Å²) in [6.45, 7) is 1.30. The summed E-state index contributed by atoms with van der Waals surface area (Å²) in [4.78, 5) is 18.5. The van der Waals surface area contributed by atoms with E-state index in [9.17, 15) is 13.6 Å². The van der Waals surface area contributed by atoms with E-state index in [0.717, 1.165) is 18.9 Å². The van der Waals surface area contributed by atoms with Gasteiger partial charge in [-0.05, 0) is 36.8 Å². The lowest BCUT2D eigenvalue weighted by atomic mass is 10.0. The molecule has 1 aromatic heterocycles. The maximum Gasteiger partial charge on any atom is 0.226 e. The number of piperidine rings is 1. The quantitative estimate of drug-likeness (QED) is 0.868. The van der Waals surface area contributed by atoms with Gasteiger partial charge < -0.3 is 4.90 Å². The second-order valence-corrected chi connectivity index (χ2v) is 6.55. The summed E-state index contributed by atoms with van der Waals surface area (Å²) < 4.78 is 29.1. The van der Waals surface area contributed by atoms with Crippen molar-refractivity contribution in [2.75, 3.05) is 13.1 Å².